The van der Waals surface area contributed by atoms with E-state index in [4.69, 9.17) is 42.9 Å². The molecule has 0 aliphatic carbocycles. The molecule has 21 nitrogen and oxygen atoms in total. The Labute approximate surface area is 594 Å². The molecule has 1 amide bonds. The van der Waals surface area contributed by atoms with E-state index in [1.165, 1.54) is 23.3 Å². The van der Waals surface area contributed by atoms with E-state index in [0.717, 1.165) is 35.9 Å². The second kappa shape index (κ2) is 33.9. The zero-order valence-corrected chi connectivity index (χ0v) is 63.6. The number of allylic oxidation sites excluding steroid dienone is 1. The maximum absolute atomic E-state index is 14.7. The van der Waals surface area contributed by atoms with Crippen molar-refractivity contribution in [2.45, 2.75) is 289 Å². The first kappa shape index (κ1) is 81.0. The maximum atomic E-state index is 14.7. The van der Waals surface area contributed by atoms with Gasteiger partial charge in [0.15, 0.2) is 41.1 Å². The number of amides is 1. The lowest BCUT2D eigenvalue weighted by Crippen LogP contribution is -2.59. The molecule has 0 radical (unpaired) electrons. The number of esters is 2. The Hall–Kier alpha value is -6.26. The number of cyclic esters (lactones) is 2. The predicted octanol–water partition coefficient (Wildman–Crippen LogP) is 14.0. The first-order chi connectivity index (χ1) is 46.9. The topological polar surface area (TPSA) is 265 Å². The van der Waals surface area contributed by atoms with Crippen LogP contribution < -0.4 is 0 Å². The molecule has 5 aliphatic heterocycles. The van der Waals surface area contributed by atoms with Crippen LogP contribution in [0, 0.1) is 70.0 Å². The number of Topliss-reactive ketones (excluding diaryl/α,β-unsaturated/α-hetero) is 4. The smallest absolute Gasteiger partial charge is 0.420 e. The Morgan fingerprint density at radius 2 is 1.22 bits per heavy atom. The highest BCUT2D eigenvalue weighted by molar-refractivity contribution is 6.01. The van der Waals surface area contributed by atoms with Crippen molar-refractivity contribution < 1.29 is 81.4 Å². The molecule has 22 atom stereocenters. The van der Waals surface area contributed by atoms with E-state index in [-0.39, 0.29) is 60.0 Å². The average Bonchev–Trinajstić information content (AvgIpc) is 1.57. The van der Waals surface area contributed by atoms with Gasteiger partial charge in [0.2, 0.25) is 0 Å². The van der Waals surface area contributed by atoms with Gasteiger partial charge in [-0.2, -0.15) is 0 Å². The summed E-state index contributed by atoms with van der Waals surface area (Å²) in [5, 5.41) is 12.2. The lowest BCUT2D eigenvalue weighted by atomic mass is 9.68. The summed E-state index contributed by atoms with van der Waals surface area (Å²) in [7, 11) is 0. The lowest BCUT2D eigenvalue weighted by Gasteiger charge is -2.46. The van der Waals surface area contributed by atoms with Gasteiger partial charge >= 0.3 is 24.1 Å². The molecule has 7 heterocycles. The fourth-order valence-corrected chi connectivity index (χ4v) is 16.9. The van der Waals surface area contributed by atoms with E-state index in [1.54, 1.807) is 59.4 Å². The van der Waals surface area contributed by atoms with Gasteiger partial charge in [-0.15, -0.1) is 0 Å². The zero-order valence-electron chi connectivity index (χ0n) is 63.6. The molecule has 4 saturated heterocycles. The first-order valence-electron chi connectivity index (χ1n) is 37.0. The average molecular weight is 1400 g/mol. The molecule has 0 spiro atoms. The molecule has 5 aliphatic rings. The highest BCUT2D eigenvalue weighted by Crippen LogP contribution is 2.47. The minimum Gasteiger partial charge on any atom is -0.457 e. The van der Waals surface area contributed by atoms with Crippen LogP contribution in [0.2, 0.25) is 0 Å². The molecule has 0 saturated carbocycles. The Balaban J connectivity index is 0.000000287. The number of aliphatic hydroxyl groups is 1. The van der Waals surface area contributed by atoms with Gasteiger partial charge in [0.25, 0.3) is 0 Å². The number of hydrogen-bond acceptors (Lipinski definition) is 19. The second-order valence-corrected chi connectivity index (χ2v) is 31.5. The normalized spacial score (nSPS) is 37.1. The number of nitrogens with zero attached hydrogens (tertiary/aromatic N) is 4. The number of carbonyl (C=O) groups excluding carboxylic acids is 8. The van der Waals surface area contributed by atoms with Crippen molar-refractivity contribution in [3.05, 3.63) is 72.5 Å². The van der Waals surface area contributed by atoms with Gasteiger partial charge in [-0.1, -0.05) is 135 Å². The Bertz CT molecular complexity index is 3370. The lowest BCUT2D eigenvalue weighted by molar-refractivity contribution is -0.284. The van der Waals surface area contributed by atoms with Crippen molar-refractivity contribution >= 4 is 58.2 Å². The number of fused-ring (bicyclic) bond motifs is 2. The molecule has 0 bridgehead atoms. The van der Waals surface area contributed by atoms with Crippen molar-refractivity contribution in [1.29, 1.82) is 0 Å². The standard InChI is InChI=1S/C44H64N2O9.C35H54N2O8/c1-11-34-44(12-2)38(46(42(51)55-44)22-16-15-18-32-21-20-31-17-13-14-19-33(31)45-32)28(6)35(47)26(4)24-43(9,10)39(29(7)37(49)30(8)40(50)53-34)54-41-36(48)25(3)23-27(5)52-41;1-12-27-35(13-2,45-33(41)37-15-14-36-19-37)18-22(5)28(38)21(4)17-34(10,11)30(25(8)29(39)26(9)31(40)43-27)44-32-24(7)20(3)16-23(6)42-32/h13-14,17,19-21,25-30,34,36,38-39,41,48H,11-12,15-16,18,22-24H2,1-10H3;14-15,18-21,23-27,30,32H,12-13,16-17H2,1-11H3/b;22-18+/t25-,26+,27+,28-,29-,30+,34+,36+,38+,39+,41?,44+;20-,21+,23+,24+,25-,26+,27+,30+,32?,35-/m00/s1. The molecule has 100 heavy (non-hydrogen) atoms. The van der Waals surface area contributed by atoms with Crippen LogP contribution in [0.15, 0.2) is 66.8 Å². The van der Waals surface area contributed by atoms with Crippen molar-refractivity contribution in [2.75, 3.05) is 6.54 Å². The largest absolute Gasteiger partial charge is 0.457 e. The molecule has 2 unspecified atom stereocenters. The summed E-state index contributed by atoms with van der Waals surface area (Å²) in [6, 6.07) is 11.4. The number of aromatic nitrogens is 3. The predicted molar refractivity (Wildman–Crippen MR) is 378 cm³/mol. The monoisotopic (exact) mass is 1390 g/mol. The fourth-order valence-electron chi connectivity index (χ4n) is 16.9. The molecule has 21 heteroatoms. The Morgan fingerprint density at radius 1 is 0.660 bits per heavy atom. The van der Waals surface area contributed by atoms with Crippen LogP contribution >= 0.6 is 0 Å². The molecule has 556 valence electrons. The summed E-state index contributed by atoms with van der Waals surface area (Å²) in [6.07, 6.45) is 4.26. The van der Waals surface area contributed by atoms with Crippen LogP contribution in [-0.4, -0.2) is 151 Å². The second-order valence-electron chi connectivity index (χ2n) is 31.5. The number of aryl methyl sites for hydroxylation is 1. The van der Waals surface area contributed by atoms with Gasteiger partial charge < -0.3 is 47.9 Å². The van der Waals surface area contributed by atoms with E-state index in [1.807, 2.05) is 113 Å². The summed E-state index contributed by atoms with van der Waals surface area (Å²) in [5.41, 5.74) is -1.91. The summed E-state index contributed by atoms with van der Waals surface area (Å²) < 4.78 is 51.4. The third-order valence-corrected chi connectivity index (χ3v) is 22.7. The molecule has 1 N–H and O–H groups in total. The Morgan fingerprint density at radius 3 is 1.79 bits per heavy atom. The van der Waals surface area contributed by atoms with Crippen molar-refractivity contribution in [3.63, 3.8) is 0 Å². The molecule has 3 aromatic rings. The minimum absolute atomic E-state index is 0.00343. The molecule has 1 aromatic carbocycles. The van der Waals surface area contributed by atoms with E-state index in [2.05, 4.69) is 24.9 Å². The highest BCUT2D eigenvalue weighted by atomic mass is 16.7. The number of hydrogen-bond donors (Lipinski definition) is 1. The fraction of sp³-hybridized carbons (Fsp3) is 0.722. The summed E-state index contributed by atoms with van der Waals surface area (Å²) >= 11 is 0. The van der Waals surface area contributed by atoms with Gasteiger partial charge in [0.1, 0.15) is 42.3 Å². The van der Waals surface area contributed by atoms with Gasteiger partial charge in [-0.3, -0.25) is 33.8 Å². The summed E-state index contributed by atoms with van der Waals surface area (Å²) in [5.74, 6) is -7.34. The number of aliphatic hydroxyl groups excluding tert-OH is 1. The number of para-hydroxylation sites is 1. The van der Waals surface area contributed by atoms with Crippen LogP contribution in [0.25, 0.3) is 10.9 Å². The minimum atomic E-state index is -1.47. The number of imidazole rings is 1. The number of pyridine rings is 1. The van der Waals surface area contributed by atoms with Crippen LogP contribution in [0.3, 0.4) is 0 Å². The molecular formula is C79H118N4O17. The first-order valence-corrected chi connectivity index (χ1v) is 37.0. The quantitative estimate of drug-likeness (QED) is 0.0680. The van der Waals surface area contributed by atoms with E-state index < -0.39 is 137 Å². The maximum Gasteiger partial charge on any atom is 0.420 e. The number of carbonyl (C=O) groups is 8. The molecular weight excluding hydrogens is 1280 g/mol. The van der Waals surface area contributed by atoms with Crippen LogP contribution in [0.5, 0.6) is 0 Å². The third-order valence-electron chi connectivity index (χ3n) is 22.7. The van der Waals surface area contributed by atoms with E-state index in [9.17, 15) is 43.5 Å². The van der Waals surface area contributed by atoms with Crippen LogP contribution in [0.1, 0.15) is 215 Å². The summed E-state index contributed by atoms with van der Waals surface area (Å²) in [4.78, 5) is 122. The van der Waals surface area contributed by atoms with Crippen molar-refractivity contribution in [2.24, 2.45) is 70.0 Å². The highest BCUT2D eigenvalue weighted by Gasteiger charge is 2.62. The number of ketones is 4. The summed E-state index contributed by atoms with van der Waals surface area (Å²) in [6.45, 7) is 39.7. The van der Waals surface area contributed by atoms with Crippen molar-refractivity contribution in [3.8, 4) is 0 Å². The molecule has 8 rings (SSSR count). The Kier molecular flexibility index (Phi) is 27.5. The van der Waals surface area contributed by atoms with E-state index in [0.29, 0.717) is 56.6 Å². The van der Waals surface area contributed by atoms with Crippen LogP contribution in [-0.2, 0) is 73.1 Å². The third kappa shape index (κ3) is 18.0. The van der Waals surface area contributed by atoms with Gasteiger partial charge in [-0.05, 0) is 152 Å². The van der Waals surface area contributed by atoms with E-state index >= 15 is 0 Å². The molecule has 2 aromatic heterocycles. The van der Waals surface area contributed by atoms with Gasteiger partial charge in [0.05, 0.1) is 36.0 Å². The van der Waals surface area contributed by atoms with Crippen molar-refractivity contribution in [1.82, 2.24) is 19.4 Å². The SMILES string of the molecule is CC[C@H]1OC(=O)[C@H](C)C(=O)[C@H](C)[C@@H](OC2O[C@H](C)C[C@H](C)[C@H]2C)C(C)(C)C[C@@H](C)C(=O)/C(C)=C/[C@]1(CC)OC(=O)n1ccnc1.CC[C@H]1OC(=O)[C@H](C)C(=O)[C@H](C)[C@@H](OC2O[C@H](C)C[C@H](C)[C@H]2O)C(C)(C)C[C@@H](C)C(=O)[C@H](C)[C@H]2N(CCCCc3ccc4ccccc4n3)C(=O)O[C@]12CC. The number of ether oxygens (including phenoxy) is 8. The van der Waals surface area contributed by atoms with Crippen LogP contribution in [0.4, 0.5) is 9.59 Å². The zero-order chi connectivity index (χ0) is 74.3. The van der Waals surface area contributed by atoms with Gasteiger partial charge in [-0.25, -0.2) is 19.1 Å². The molecule has 4 fully saturated rings. The number of rotatable bonds is 14. The number of unbranched alkanes of at least 4 members (excludes halogenated alkanes) is 1. The number of benzene rings is 1. The van der Waals surface area contributed by atoms with Gasteiger partial charge in [0, 0.05) is 65.5 Å².